The molecule has 1 aromatic rings. The van der Waals surface area contributed by atoms with E-state index in [1.54, 1.807) is 0 Å². The number of hydrogen-bond donors (Lipinski definition) is 2. The van der Waals surface area contributed by atoms with Crippen molar-refractivity contribution in [1.82, 2.24) is 5.43 Å². The Bertz CT molecular complexity index is 409. The van der Waals surface area contributed by atoms with Crippen LogP contribution in [0.5, 0.6) is 0 Å². The first-order valence-corrected chi connectivity index (χ1v) is 5.80. The summed E-state index contributed by atoms with van der Waals surface area (Å²) in [5, 5.41) is 0. The number of hydrazine groups is 1. The maximum absolute atomic E-state index is 13.1. The van der Waals surface area contributed by atoms with E-state index in [0.717, 1.165) is 18.6 Å². The first-order chi connectivity index (χ1) is 8.90. The minimum absolute atomic E-state index is 0.0587. The van der Waals surface area contributed by atoms with E-state index < -0.39 is 23.6 Å². The molecule has 0 amide bonds. The molecule has 1 rings (SSSR count). The van der Waals surface area contributed by atoms with Crippen molar-refractivity contribution >= 4 is 0 Å². The number of alkyl halides is 3. The van der Waals surface area contributed by atoms with Crippen LogP contribution in [0.2, 0.25) is 0 Å². The third-order valence-corrected chi connectivity index (χ3v) is 2.53. The fourth-order valence-electron chi connectivity index (χ4n) is 1.65. The molecule has 1 atom stereocenters. The number of benzene rings is 1. The number of nitrogens with one attached hydrogen (secondary N) is 1. The molecule has 0 aliphatic heterocycles. The van der Waals surface area contributed by atoms with E-state index in [1.165, 1.54) is 0 Å². The van der Waals surface area contributed by atoms with E-state index in [4.69, 9.17) is 10.6 Å². The molecule has 7 heteroatoms. The van der Waals surface area contributed by atoms with Gasteiger partial charge in [0, 0.05) is 6.61 Å². The van der Waals surface area contributed by atoms with Gasteiger partial charge in [0.1, 0.15) is 5.82 Å². The molecule has 1 aromatic carbocycles. The van der Waals surface area contributed by atoms with Crippen LogP contribution in [0.1, 0.15) is 30.5 Å². The minimum atomic E-state index is -4.57. The van der Waals surface area contributed by atoms with Gasteiger partial charge >= 0.3 is 6.18 Å². The van der Waals surface area contributed by atoms with Crippen LogP contribution < -0.4 is 11.3 Å². The lowest BCUT2D eigenvalue weighted by Crippen LogP contribution is -2.33. The highest BCUT2D eigenvalue weighted by atomic mass is 19.4. The minimum Gasteiger partial charge on any atom is -0.379 e. The van der Waals surface area contributed by atoms with Crippen molar-refractivity contribution in [2.24, 2.45) is 5.84 Å². The van der Waals surface area contributed by atoms with Gasteiger partial charge in [-0.2, -0.15) is 13.2 Å². The molecule has 0 radical (unpaired) electrons. The summed E-state index contributed by atoms with van der Waals surface area (Å²) in [6, 6.07) is 1.38. The van der Waals surface area contributed by atoms with Gasteiger partial charge in [0.15, 0.2) is 0 Å². The normalized spacial score (nSPS) is 13.6. The second-order valence-electron chi connectivity index (χ2n) is 4.02. The van der Waals surface area contributed by atoms with Crippen molar-refractivity contribution in [3.8, 4) is 0 Å². The zero-order valence-electron chi connectivity index (χ0n) is 10.4. The molecule has 0 saturated heterocycles. The molecule has 0 aliphatic rings. The maximum Gasteiger partial charge on any atom is 0.416 e. The van der Waals surface area contributed by atoms with Crippen LogP contribution in [0, 0.1) is 5.82 Å². The highest BCUT2D eigenvalue weighted by molar-refractivity contribution is 5.33. The van der Waals surface area contributed by atoms with Crippen LogP contribution in [0.15, 0.2) is 18.2 Å². The Morgan fingerprint density at radius 1 is 1.37 bits per heavy atom. The summed E-state index contributed by atoms with van der Waals surface area (Å²) in [6.45, 7) is 2.21. The summed E-state index contributed by atoms with van der Waals surface area (Å²) in [6.07, 6.45) is -3.84. The van der Waals surface area contributed by atoms with Gasteiger partial charge in [-0.3, -0.25) is 11.3 Å². The zero-order chi connectivity index (χ0) is 14.5. The lowest BCUT2D eigenvalue weighted by molar-refractivity contribution is -0.138. The van der Waals surface area contributed by atoms with Crippen LogP contribution in [-0.4, -0.2) is 13.2 Å². The van der Waals surface area contributed by atoms with Crippen molar-refractivity contribution in [3.05, 3.63) is 35.1 Å². The molecule has 3 nitrogen and oxygen atoms in total. The summed E-state index contributed by atoms with van der Waals surface area (Å²) in [5.41, 5.74) is 1.05. The Morgan fingerprint density at radius 2 is 2.05 bits per heavy atom. The fraction of sp³-hybridized carbons (Fsp3) is 0.500. The Balaban J connectivity index is 3.03. The number of nitrogens with two attached hydrogens (primary N) is 1. The summed E-state index contributed by atoms with van der Waals surface area (Å²) < 4.78 is 56.8. The molecule has 0 aromatic heterocycles. The van der Waals surface area contributed by atoms with Gasteiger partial charge in [-0.25, -0.2) is 4.39 Å². The predicted octanol–water partition coefficient (Wildman–Crippen LogP) is 2.78. The van der Waals surface area contributed by atoms with Crippen LogP contribution in [0.3, 0.4) is 0 Å². The number of hydrogen-bond acceptors (Lipinski definition) is 3. The average Bonchev–Trinajstić information content (AvgIpc) is 2.33. The first kappa shape index (κ1) is 15.9. The first-order valence-electron chi connectivity index (χ1n) is 5.80. The number of rotatable bonds is 6. The topological polar surface area (TPSA) is 47.3 Å². The molecule has 3 N–H and O–H groups in total. The number of halogens is 4. The third-order valence-electron chi connectivity index (χ3n) is 2.53. The van der Waals surface area contributed by atoms with E-state index in [1.807, 2.05) is 6.92 Å². The molecule has 0 heterocycles. The average molecular weight is 280 g/mol. The Morgan fingerprint density at radius 3 is 2.58 bits per heavy atom. The van der Waals surface area contributed by atoms with Gasteiger partial charge in [0.25, 0.3) is 0 Å². The summed E-state index contributed by atoms with van der Waals surface area (Å²) >= 11 is 0. The fourth-order valence-corrected chi connectivity index (χ4v) is 1.65. The van der Waals surface area contributed by atoms with Crippen molar-refractivity contribution in [1.29, 1.82) is 0 Å². The van der Waals surface area contributed by atoms with E-state index in [0.29, 0.717) is 12.7 Å². The second kappa shape index (κ2) is 6.83. The molecular weight excluding hydrogens is 264 g/mol. The van der Waals surface area contributed by atoms with E-state index in [-0.39, 0.29) is 12.2 Å². The molecule has 1 unspecified atom stereocenters. The van der Waals surface area contributed by atoms with Gasteiger partial charge in [-0.05, 0) is 30.2 Å². The molecule has 0 bridgehead atoms. The Labute approximate surface area is 108 Å². The highest BCUT2D eigenvalue weighted by Gasteiger charge is 2.35. The van der Waals surface area contributed by atoms with E-state index in [2.05, 4.69) is 5.43 Å². The van der Waals surface area contributed by atoms with Crippen molar-refractivity contribution in [2.45, 2.75) is 25.6 Å². The van der Waals surface area contributed by atoms with Crippen LogP contribution in [0.4, 0.5) is 17.6 Å². The lowest BCUT2D eigenvalue weighted by Gasteiger charge is -2.21. The Hall–Kier alpha value is -1.18. The standard InChI is InChI=1S/C12H16F4N2O/c1-2-5-19-7-11(18-17)9-6-8(13)3-4-10(9)12(14,15)16/h3-4,6,11,18H,2,5,7,17H2,1H3. The van der Waals surface area contributed by atoms with Crippen LogP contribution >= 0.6 is 0 Å². The summed E-state index contributed by atoms with van der Waals surface area (Å²) in [5.74, 6) is 4.48. The van der Waals surface area contributed by atoms with Crippen LogP contribution in [-0.2, 0) is 10.9 Å². The molecule has 0 fully saturated rings. The summed E-state index contributed by atoms with van der Waals surface area (Å²) in [4.78, 5) is 0. The molecule has 0 aliphatic carbocycles. The molecule has 19 heavy (non-hydrogen) atoms. The monoisotopic (exact) mass is 280 g/mol. The Kier molecular flexibility index (Phi) is 5.71. The lowest BCUT2D eigenvalue weighted by atomic mass is 10.0. The van der Waals surface area contributed by atoms with Crippen molar-refractivity contribution < 1.29 is 22.3 Å². The van der Waals surface area contributed by atoms with E-state index in [9.17, 15) is 17.6 Å². The maximum atomic E-state index is 13.1. The van der Waals surface area contributed by atoms with Crippen molar-refractivity contribution in [3.63, 3.8) is 0 Å². The zero-order valence-corrected chi connectivity index (χ0v) is 10.4. The highest BCUT2D eigenvalue weighted by Crippen LogP contribution is 2.34. The SMILES string of the molecule is CCCOCC(NN)c1cc(F)ccc1C(F)(F)F. The second-order valence-corrected chi connectivity index (χ2v) is 4.02. The molecule has 0 saturated carbocycles. The van der Waals surface area contributed by atoms with Gasteiger partial charge in [0.05, 0.1) is 18.2 Å². The molecular formula is C12H16F4N2O. The smallest absolute Gasteiger partial charge is 0.379 e. The van der Waals surface area contributed by atoms with Crippen molar-refractivity contribution in [2.75, 3.05) is 13.2 Å². The molecule has 108 valence electrons. The molecule has 0 spiro atoms. The van der Waals surface area contributed by atoms with Gasteiger partial charge in [0.2, 0.25) is 0 Å². The van der Waals surface area contributed by atoms with Gasteiger partial charge in [-0.15, -0.1) is 0 Å². The third kappa shape index (κ3) is 4.45. The number of ether oxygens (including phenoxy) is 1. The quantitative estimate of drug-likeness (QED) is 0.364. The predicted molar refractivity (Wildman–Crippen MR) is 62.6 cm³/mol. The van der Waals surface area contributed by atoms with Gasteiger partial charge < -0.3 is 4.74 Å². The largest absolute Gasteiger partial charge is 0.416 e. The van der Waals surface area contributed by atoms with Crippen LogP contribution in [0.25, 0.3) is 0 Å². The van der Waals surface area contributed by atoms with Gasteiger partial charge in [-0.1, -0.05) is 6.92 Å². The summed E-state index contributed by atoms with van der Waals surface area (Å²) in [7, 11) is 0. The van der Waals surface area contributed by atoms with E-state index >= 15 is 0 Å².